The molecule has 0 saturated heterocycles. The maximum absolute atomic E-state index is 5.48. The average molecular weight is 328 g/mol. The van der Waals surface area contributed by atoms with Gasteiger partial charge in [0.05, 0.1) is 6.54 Å². The summed E-state index contributed by atoms with van der Waals surface area (Å²) in [5.74, 6) is 0.958. The van der Waals surface area contributed by atoms with Crippen LogP contribution in [-0.4, -0.2) is 4.98 Å². The zero-order valence-electron chi connectivity index (χ0n) is 8.98. The lowest BCUT2D eigenvalue weighted by Gasteiger charge is -2.12. The number of aromatic nitrogens is 1. The van der Waals surface area contributed by atoms with Crippen molar-refractivity contribution in [2.24, 2.45) is 0 Å². The van der Waals surface area contributed by atoms with Gasteiger partial charge >= 0.3 is 0 Å². The summed E-state index contributed by atoms with van der Waals surface area (Å²) in [7, 11) is 0. The zero-order valence-corrected chi connectivity index (χ0v) is 11.1. The van der Waals surface area contributed by atoms with Crippen LogP contribution in [-0.2, 0) is 6.54 Å². The number of pyridine rings is 1. The van der Waals surface area contributed by atoms with Crippen LogP contribution < -0.4 is 5.32 Å². The van der Waals surface area contributed by atoms with Crippen LogP contribution in [0.5, 0.6) is 0 Å². The van der Waals surface area contributed by atoms with Crippen LogP contribution in [0.25, 0.3) is 0 Å². The highest BCUT2D eigenvalue weighted by Crippen LogP contribution is 2.13. The van der Waals surface area contributed by atoms with Gasteiger partial charge in [-0.2, -0.15) is 0 Å². The van der Waals surface area contributed by atoms with Crippen LogP contribution in [0, 0.1) is 3.77 Å². The monoisotopic (exact) mass is 328 g/mol. The SMILES string of the molecule is C[C@H](NCc1ccc(I)o1)c1cccnc1. The molecule has 0 amide bonds. The number of furan rings is 1. The molecule has 0 aliphatic rings. The maximum Gasteiger partial charge on any atom is 0.164 e. The van der Waals surface area contributed by atoms with Crippen LogP contribution >= 0.6 is 22.6 Å². The lowest BCUT2D eigenvalue weighted by Crippen LogP contribution is -2.17. The van der Waals surface area contributed by atoms with Crippen LogP contribution in [0.3, 0.4) is 0 Å². The topological polar surface area (TPSA) is 38.1 Å². The first-order valence-corrected chi connectivity index (χ1v) is 6.21. The van der Waals surface area contributed by atoms with Crippen molar-refractivity contribution in [1.29, 1.82) is 0 Å². The van der Waals surface area contributed by atoms with Gasteiger partial charge in [-0.25, -0.2) is 0 Å². The van der Waals surface area contributed by atoms with Crippen LogP contribution in [0.1, 0.15) is 24.3 Å². The molecule has 1 N–H and O–H groups in total. The van der Waals surface area contributed by atoms with Gasteiger partial charge in [0.15, 0.2) is 3.77 Å². The van der Waals surface area contributed by atoms with Crippen molar-refractivity contribution >= 4 is 22.6 Å². The van der Waals surface area contributed by atoms with Gasteiger partial charge in [-0.3, -0.25) is 4.98 Å². The number of hydrogen-bond donors (Lipinski definition) is 1. The van der Waals surface area contributed by atoms with E-state index in [1.807, 2.05) is 24.4 Å². The highest BCUT2D eigenvalue weighted by molar-refractivity contribution is 14.1. The molecule has 0 bridgehead atoms. The van der Waals surface area contributed by atoms with Gasteiger partial charge in [-0.15, -0.1) is 0 Å². The standard InChI is InChI=1S/C12H13IN2O/c1-9(10-3-2-6-14-7-10)15-8-11-4-5-12(13)16-11/h2-7,9,15H,8H2,1H3/t9-/m0/s1. The van der Waals surface area contributed by atoms with Crippen molar-refractivity contribution in [1.82, 2.24) is 10.3 Å². The van der Waals surface area contributed by atoms with E-state index in [-0.39, 0.29) is 6.04 Å². The zero-order chi connectivity index (χ0) is 11.4. The maximum atomic E-state index is 5.48. The van der Waals surface area contributed by atoms with E-state index in [1.54, 1.807) is 6.20 Å². The first-order valence-electron chi connectivity index (χ1n) is 5.13. The molecule has 0 aromatic carbocycles. The molecule has 2 heterocycles. The molecule has 4 heteroatoms. The van der Waals surface area contributed by atoms with E-state index in [2.05, 4.69) is 45.9 Å². The Balaban J connectivity index is 1.91. The molecule has 84 valence electrons. The summed E-state index contributed by atoms with van der Waals surface area (Å²) in [5.41, 5.74) is 1.18. The Labute approximate surface area is 108 Å². The van der Waals surface area contributed by atoms with Gasteiger partial charge in [0, 0.05) is 18.4 Å². The predicted molar refractivity (Wildman–Crippen MR) is 70.9 cm³/mol. The normalized spacial score (nSPS) is 12.6. The fourth-order valence-corrected chi connectivity index (χ4v) is 1.91. The van der Waals surface area contributed by atoms with Crippen molar-refractivity contribution < 1.29 is 4.42 Å². The smallest absolute Gasteiger partial charge is 0.164 e. The average Bonchev–Trinajstić information content (AvgIpc) is 2.73. The molecule has 0 radical (unpaired) electrons. The summed E-state index contributed by atoms with van der Waals surface area (Å²) in [6.07, 6.45) is 3.66. The van der Waals surface area contributed by atoms with Crippen molar-refractivity contribution in [3.05, 3.63) is 51.7 Å². The van der Waals surface area contributed by atoms with Gasteiger partial charge in [0.2, 0.25) is 0 Å². The van der Waals surface area contributed by atoms with Gasteiger partial charge in [0.25, 0.3) is 0 Å². The molecule has 2 rings (SSSR count). The number of nitrogens with zero attached hydrogens (tertiary/aromatic N) is 1. The summed E-state index contributed by atoms with van der Waals surface area (Å²) in [6, 6.07) is 8.24. The lowest BCUT2D eigenvalue weighted by atomic mass is 10.1. The molecule has 3 nitrogen and oxygen atoms in total. The summed E-state index contributed by atoms with van der Waals surface area (Å²) in [4.78, 5) is 4.10. The summed E-state index contributed by atoms with van der Waals surface area (Å²) in [5, 5.41) is 3.39. The quantitative estimate of drug-likeness (QED) is 0.877. The third-order valence-corrected chi connectivity index (χ3v) is 2.98. The molecule has 0 unspecified atom stereocenters. The second kappa shape index (κ2) is 5.45. The van der Waals surface area contributed by atoms with Crippen molar-refractivity contribution in [2.75, 3.05) is 0 Å². The molecular formula is C12H13IN2O. The Morgan fingerprint density at radius 3 is 2.94 bits per heavy atom. The molecule has 0 aliphatic heterocycles. The van der Waals surface area contributed by atoms with Crippen molar-refractivity contribution in [2.45, 2.75) is 19.5 Å². The first kappa shape index (κ1) is 11.6. The first-order chi connectivity index (χ1) is 7.75. The van der Waals surface area contributed by atoms with Gasteiger partial charge in [-0.05, 0) is 53.3 Å². The molecule has 0 saturated carbocycles. The molecule has 0 aliphatic carbocycles. The Bertz CT molecular complexity index is 441. The van der Waals surface area contributed by atoms with E-state index in [9.17, 15) is 0 Å². The third kappa shape index (κ3) is 3.05. The number of rotatable bonds is 4. The number of nitrogens with one attached hydrogen (secondary N) is 1. The Hall–Kier alpha value is -0.880. The van der Waals surface area contributed by atoms with Crippen LogP contribution in [0.2, 0.25) is 0 Å². The molecule has 2 aromatic heterocycles. The van der Waals surface area contributed by atoms with E-state index < -0.39 is 0 Å². The summed E-state index contributed by atoms with van der Waals surface area (Å²) in [6.45, 7) is 2.85. The minimum Gasteiger partial charge on any atom is -0.454 e. The van der Waals surface area contributed by atoms with E-state index in [1.165, 1.54) is 5.56 Å². The van der Waals surface area contributed by atoms with E-state index in [0.717, 1.165) is 16.1 Å². The van der Waals surface area contributed by atoms with Gasteiger partial charge < -0.3 is 9.73 Å². The number of halogens is 1. The third-order valence-electron chi connectivity index (χ3n) is 2.40. The van der Waals surface area contributed by atoms with Crippen LogP contribution in [0.15, 0.2) is 41.1 Å². The fourth-order valence-electron chi connectivity index (χ4n) is 1.45. The molecule has 16 heavy (non-hydrogen) atoms. The summed E-state index contributed by atoms with van der Waals surface area (Å²) >= 11 is 2.16. The van der Waals surface area contributed by atoms with Gasteiger partial charge in [0.1, 0.15) is 5.76 Å². The molecule has 0 fully saturated rings. The van der Waals surface area contributed by atoms with Crippen molar-refractivity contribution in [3.8, 4) is 0 Å². The van der Waals surface area contributed by atoms with E-state index in [0.29, 0.717) is 0 Å². The highest BCUT2D eigenvalue weighted by atomic mass is 127. The van der Waals surface area contributed by atoms with Crippen LogP contribution in [0.4, 0.5) is 0 Å². The van der Waals surface area contributed by atoms with Crippen molar-refractivity contribution in [3.63, 3.8) is 0 Å². The minimum absolute atomic E-state index is 0.275. The van der Waals surface area contributed by atoms with E-state index in [4.69, 9.17) is 4.42 Å². The molecular weight excluding hydrogens is 315 g/mol. The predicted octanol–water partition coefficient (Wildman–Crippen LogP) is 3.13. The Kier molecular flexibility index (Phi) is 3.95. The lowest BCUT2D eigenvalue weighted by molar-refractivity contribution is 0.445. The summed E-state index contributed by atoms with van der Waals surface area (Å²) < 4.78 is 6.40. The second-order valence-electron chi connectivity index (χ2n) is 3.59. The molecule has 1 atom stereocenters. The molecule has 0 spiro atoms. The highest BCUT2D eigenvalue weighted by Gasteiger charge is 2.05. The molecule has 2 aromatic rings. The minimum atomic E-state index is 0.275. The Morgan fingerprint density at radius 2 is 2.31 bits per heavy atom. The van der Waals surface area contributed by atoms with E-state index >= 15 is 0 Å². The van der Waals surface area contributed by atoms with Gasteiger partial charge in [-0.1, -0.05) is 6.07 Å². The Morgan fingerprint density at radius 1 is 1.44 bits per heavy atom. The second-order valence-corrected chi connectivity index (χ2v) is 4.66. The fraction of sp³-hybridized carbons (Fsp3) is 0.250. The largest absolute Gasteiger partial charge is 0.454 e. The number of hydrogen-bond acceptors (Lipinski definition) is 3.